The summed E-state index contributed by atoms with van der Waals surface area (Å²) in [6.07, 6.45) is 0. The number of hydrogen-bond donors (Lipinski definition) is 0. The van der Waals surface area contributed by atoms with Crippen LogP contribution in [0.1, 0.15) is 22.3 Å². The second-order valence-corrected chi connectivity index (χ2v) is 19.1. The summed E-state index contributed by atoms with van der Waals surface area (Å²) in [7, 11) is 0. The fraction of sp³-hybridized carbons (Fsp3) is 0.0149. The van der Waals surface area contributed by atoms with Crippen LogP contribution in [0.3, 0.4) is 0 Å². The molecule has 3 heteroatoms. The minimum Gasteiger partial charge on any atom is -0.310 e. The molecule has 0 N–H and O–H groups in total. The first kappa shape index (κ1) is 41.4. The van der Waals surface area contributed by atoms with Crippen LogP contribution in [0.2, 0.25) is 0 Å². The normalized spacial score (nSPS) is 13.8. The number of para-hydroxylation sites is 3. The zero-order valence-electron chi connectivity index (χ0n) is 38.4. The highest BCUT2D eigenvalue weighted by Gasteiger charge is 2.46. The number of nitrogens with zero attached hydrogens (tertiary/aromatic N) is 2. The van der Waals surface area contributed by atoms with E-state index < -0.39 is 5.41 Å². The highest BCUT2D eigenvalue weighted by atomic mass is 32.1. The molecule has 13 rings (SSSR count). The Morgan fingerprint density at radius 2 is 0.757 bits per heavy atom. The lowest BCUT2D eigenvalue weighted by molar-refractivity contribution is 0.769. The van der Waals surface area contributed by atoms with Crippen molar-refractivity contribution in [1.82, 2.24) is 0 Å². The van der Waals surface area contributed by atoms with Gasteiger partial charge in [-0.2, -0.15) is 0 Å². The molecule has 2 nitrogen and oxygen atoms in total. The molecule has 11 aromatic carbocycles. The SMILES string of the molecule is c1ccc(-c2cccc(C3(c4cccc(-c5ccc(N(c6ccccc6)c6cccc7sc8ccccc8c67)cc5)c4)c4ccccc4-c4ccc(N(c5ccccc5)c5ccccc5)cc43)c2)cc1. The average molecular weight is 911 g/mol. The Labute approximate surface area is 413 Å². The van der Waals surface area contributed by atoms with Gasteiger partial charge in [0.05, 0.1) is 11.1 Å². The molecule has 0 bridgehead atoms. The Morgan fingerprint density at radius 3 is 1.41 bits per heavy atom. The lowest BCUT2D eigenvalue weighted by atomic mass is 9.67. The highest BCUT2D eigenvalue weighted by molar-refractivity contribution is 7.26. The molecule has 1 aliphatic carbocycles. The molecule has 0 amide bonds. The standard InChI is InChI=1S/C67H46N2S/c1-5-20-47(21-6-1)49-22-17-24-51(44-49)67(61-34-15-13-32-58(61)59-43-42-57(46-62(59)67)68(53-26-7-2-8-27-53)54-28-9-3-10-29-54)52-25-18-23-50(45-52)48-38-40-56(41-39-48)69(55-30-11-4-12-31-55)63-35-19-37-65-66(63)60-33-14-16-36-64(60)70-65/h1-46H. The van der Waals surface area contributed by atoms with Crippen LogP contribution in [0.5, 0.6) is 0 Å². The van der Waals surface area contributed by atoms with Gasteiger partial charge in [0.1, 0.15) is 0 Å². The van der Waals surface area contributed by atoms with E-state index in [0.29, 0.717) is 0 Å². The van der Waals surface area contributed by atoms with Gasteiger partial charge < -0.3 is 9.80 Å². The molecular formula is C67H46N2S. The van der Waals surface area contributed by atoms with Crippen LogP contribution < -0.4 is 9.80 Å². The first-order valence-corrected chi connectivity index (χ1v) is 24.8. The van der Waals surface area contributed by atoms with E-state index in [1.165, 1.54) is 70.4 Å². The number of benzene rings is 11. The van der Waals surface area contributed by atoms with Crippen molar-refractivity contribution in [2.24, 2.45) is 0 Å². The van der Waals surface area contributed by atoms with Gasteiger partial charge >= 0.3 is 0 Å². The first-order valence-electron chi connectivity index (χ1n) is 24.0. The van der Waals surface area contributed by atoms with Gasteiger partial charge in [0.2, 0.25) is 0 Å². The molecule has 330 valence electrons. The summed E-state index contributed by atoms with van der Waals surface area (Å²) >= 11 is 1.85. The summed E-state index contributed by atoms with van der Waals surface area (Å²) in [5, 5.41) is 2.56. The number of fused-ring (bicyclic) bond motifs is 6. The highest BCUT2D eigenvalue weighted by Crippen LogP contribution is 2.58. The van der Waals surface area contributed by atoms with Crippen LogP contribution in [0.15, 0.2) is 279 Å². The van der Waals surface area contributed by atoms with Gasteiger partial charge in [-0.3, -0.25) is 0 Å². The third-order valence-electron chi connectivity index (χ3n) is 14.1. The van der Waals surface area contributed by atoms with Crippen molar-refractivity contribution >= 4 is 65.6 Å². The molecule has 12 aromatic rings. The van der Waals surface area contributed by atoms with Gasteiger partial charge in [-0.1, -0.05) is 188 Å². The van der Waals surface area contributed by atoms with Gasteiger partial charge in [-0.05, 0) is 147 Å². The molecule has 1 heterocycles. The predicted molar refractivity (Wildman–Crippen MR) is 297 cm³/mol. The third-order valence-corrected chi connectivity index (χ3v) is 15.2. The van der Waals surface area contributed by atoms with E-state index in [-0.39, 0.29) is 0 Å². The molecule has 1 atom stereocenters. The Bertz CT molecular complexity index is 3790. The van der Waals surface area contributed by atoms with Gasteiger partial charge in [0.15, 0.2) is 0 Å². The molecule has 1 aliphatic rings. The summed E-state index contributed by atoms with van der Waals surface area (Å²) in [5.41, 5.74) is 18.3. The lowest BCUT2D eigenvalue weighted by Gasteiger charge is -2.35. The fourth-order valence-corrected chi connectivity index (χ4v) is 12.2. The lowest BCUT2D eigenvalue weighted by Crippen LogP contribution is -2.29. The van der Waals surface area contributed by atoms with E-state index in [9.17, 15) is 0 Å². The zero-order valence-corrected chi connectivity index (χ0v) is 39.2. The summed E-state index contributed by atoms with van der Waals surface area (Å²) in [5.74, 6) is 0. The van der Waals surface area contributed by atoms with Gasteiger partial charge in [0, 0.05) is 48.6 Å². The van der Waals surface area contributed by atoms with E-state index >= 15 is 0 Å². The van der Waals surface area contributed by atoms with E-state index in [1.807, 2.05) is 11.3 Å². The second kappa shape index (κ2) is 17.4. The predicted octanol–water partition coefficient (Wildman–Crippen LogP) is 18.7. The summed E-state index contributed by atoms with van der Waals surface area (Å²) in [6.45, 7) is 0. The largest absolute Gasteiger partial charge is 0.310 e. The van der Waals surface area contributed by atoms with Crippen molar-refractivity contribution in [1.29, 1.82) is 0 Å². The van der Waals surface area contributed by atoms with Gasteiger partial charge in [-0.15, -0.1) is 11.3 Å². The second-order valence-electron chi connectivity index (χ2n) is 18.0. The Kier molecular flexibility index (Phi) is 10.3. The monoisotopic (exact) mass is 910 g/mol. The maximum Gasteiger partial charge on any atom is 0.0714 e. The third kappa shape index (κ3) is 6.93. The molecule has 1 aromatic heterocycles. The molecule has 0 spiro atoms. The van der Waals surface area contributed by atoms with Crippen molar-refractivity contribution < 1.29 is 0 Å². The van der Waals surface area contributed by atoms with Gasteiger partial charge in [-0.25, -0.2) is 0 Å². The van der Waals surface area contributed by atoms with Crippen molar-refractivity contribution in [3.63, 3.8) is 0 Å². The number of anilines is 6. The molecule has 0 aliphatic heterocycles. The van der Waals surface area contributed by atoms with Crippen LogP contribution in [0, 0.1) is 0 Å². The van der Waals surface area contributed by atoms with Crippen molar-refractivity contribution in [3.05, 3.63) is 301 Å². The van der Waals surface area contributed by atoms with Crippen molar-refractivity contribution in [3.8, 4) is 33.4 Å². The maximum atomic E-state index is 2.46. The summed E-state index contributed by atoms with van der Waals surface area (Å²) in [4.78, 5) is 4.79. The molecule has 70 heavy (non-hydrogen) atoms. The number of thiophene rings is 1. The van der Waals surface area contributed by atoms with E-state index in [2.05, 4.69) is 289 Å². The minimum absolute atomic E-state index is 0.659. The van der Waals surface area contributed by atoms with Crippen LogP contribution in [0.25, 0.3) is 53.6 Å². The molecular weight excluding hydrogens is 865 g/mol. The zero-order chi connectivity index (χ0) is 46.4. The quantitative estimate of drug-likeness (QED) is 0.135. The van der Waals surface area contributed by atoms with Crippen LogP contribution >= 0.6 is 11.3 Å². The van der Waals surface area contributed by atoms with E-state index in [4.69, 9.17) is 0 Å². The Hall–Kier alpha value is -8.76. The van der Waals surface area contributed by atoms with Crippen LogP contribution in [-0.4, -0.2) is 0 Å². The van der Waals surface area contributed by atoms with E-state index in [1.54, 1.807) is 0 Å². The number of hydrogen-bond acceptors (Lipinski definition) is 3. The maximum absolute atomic E-state index is 2.46. The number of rotatable bonds is 10. The van der Waals surface area contributed by atoms with Crippen LogP contribution in [-0.2, 0) is 5.41 Å². The summed E-state index contributed by atoms with van der Waals surface area (Å²) < 4.78 is 2.58. The fourth-order valence-electron chi connectivity index (χ4n) is 11.0. The summed E-state index contributed by atoms with van der Waals surface area (Å²) in [6, 6.07) is 102. The molecule has 0 fully saturated rings. The first-order chi connectivity index (χ1) is 34.7. The van der Waals surface area contributed by atoms with E-state index in [0.717, 1.165) is 39.6 Å². The molecule has 0 saturated heterocycles. The smallest absolute Gasteiger partial charge is 0.0714 e. The van der Waals surface area contributed by atoms with Crippen LogP contribution in [0.4, 0.5) is 34.1 Å². The molecule has 0 saturated carbocycles. The van der Waals surface area contributed by atoms with Crippen molar-refractivity contribution in [2.45, 2.75) is 5.41 Å². The topological polar surface area (TPSA) is 6.48 Å². The Balaban J connectivity index is 0.997. The molecule has 0 radical (unpaired) electrons. The van der Waals surface area contributed by atoms with Crippen molar-refractivity contribution in [2.75, 3.05) is 9.80 Å². The van der Waals surface area contributed by atoms with Gasteiger partial charge in [0.25, 0.3) is 0 Å². The average Bonchev–Trinajstić information content (AvgIpc) is 3.97. The molecule has 1 unspecified atom stereocenters. The Morgan fingerprint density at radius 1 is 0.286 bits per heavy atom. The minimum atomic E-state index is -0.659.